The monoisotopic (exact) mass is 398 g/mol. The Kier molecular flexibility index (Phi) is 5.14. The fraction of sp³-hybridized carbons (Fsp3) is 0.238. The maximum absolute atomic E-state index is 11.1. The van der Waals surface area contributed by atoms with Crippen LogP contribution in [0.1, 0.15) is 23.3 Å². The van der Waals surface area contributed by atoms with Crippen LogP contribution >= 0.6 is 22.9 Å². The van der Waals surface area contributed by atoms with Gasteiger partial charge in [0.25, 0.3) is 5.69 Å². The van der Waals surface area contributed by atoms with Crippen LogP contribution in [0.5, 0.6) is 0 Å². The van der Waals surface area contributed by atoms with E-state index in [4.69, 9.17) is 11.6 Å². The molecular weight excluding hydrogens is 380 g/mol. The van der Waals surface area contributed by atoms with Gasteiger partial charge < -0.3 is 4.90 Å². The highest BCUT2D eigenvalue weighted by molar-refractivity contribution is 7.16. The van der Waals surface area contributed by atoms with Crippen molar-refractivity contribution in [2.24, 2.45) is 0 Å². The van der Waals surface area contributed by atoms with Crippen LogP contribution in [0, 0.1) is 10.1 Å². The van der Waals surface area contributed by atoms with Crippen molar-refractivity contribution in [2.75, 3.05) is 18.0 Å². The summed E-state index contributed by atoms with van der Waals surface area (Å²) in [5.74, 6) is 0. The molecular formula is C21H19ClN2O2S. The molecule has 0 amide bonds. The van der Waals surface area contributed by atoms with Gasteiger partial charge in [-0.05, 0) is 42.2 Å². The highest BCUT2D eigenvalue weighted by atomic mass is 35.5. The van der Waals surface area contributed by atoms with Gasteiger partial charge in [-0.1, -0.05) is 35.9 Å². The average molecular weight is 399 g/mol. The second kappa shape index (κ2) is 7.71. The summed E-state index contributed by atoms with van der Waals surface area (Å²) >= 11 is 7.74. The third kappa shape index (κ3) is 3.99. The van der Waals surface area contributed by atoms with E-state index >= 15 is 0 Å². The minimum Gasteiger partial charge on any atom is -0.371 e. The van der Waals surface area contributed by atoms with Crippen LogP contribution in [0.4, 0.5) is 11.4 Å². The van der Waals surface area contributed by atoms with E-state index in [1.54, 1.807) is 23.5 Å². The summed E-state index contributed by atoms with van der Waals surface area (Å²) < 4.78 is 0. The van der Waals surface area contributed by atoms with Crippen LogP contribution in [0.2, 0.25) is 5.02 Å². The molecule has 4 nitrogen and oxygen atoms in total. The van der Waals surface area contributed by atoms with Crippen LogP contribution in [-0.4, -0.2) is 18.0 Å². The van der Waals surface area contributed by atoms with E-state index in [-0.39, 0.29) is 10.6 Å². The number of hydrogen-bond donors (Lipinski definition) is 0. The van der Waals surface area contributed by atoms with Crippen molar-refractivity contribution in [2.45, 2.75) is 19.3 Å². The lowest BCUT2D eigenvalue weighted by atomic mass is 10.1. The molecule has 1 saturated heterocycles. The van der Waals surface area contributed by atoms with Gasteiger partial charge in [-0.15, -0.1) is 11.3 Å². The van der Waals surface area contributed by atoms with Gasteiger partial charge in [0.15, 0.2) is 0 Å². The molecule has 4 rings (SSSR count). The van der Waals surface area contributed by atoms with Gasteiger partial charge in [-0.3, -0.25) is 10.1 Å². The van der Waals surface area contributed by atoms with Gasteiger partial charge in [0.2, 0.25) is 0 Å². The highest BCUT2D eigenvalue weighted by Gasteiger charge is 2.20. The first-order valence-electron chi connectivity index (χ1n) is 8.97. The number of thiophene rings is 1. The zero-order valence-corrected chi connectivity index (χ0v) is 16.3. The number of nitro benzene ring substituents is 1. The highest BCUT2D eigenvalue weighted by Crippen LogP contribution is 2.40. The summed E-state index contributed by atoms with van der Waals surface area (Å²) in [5.41, 5.74) is 3.50. The van der Waals surface area contributed by atoms with Gasteiger partial charge in [0, 0.05) is 46.4 Å². The Morgan fingerprint density at radius 1 is 1.07 bits per heavy atom. The van der Waals surface area contributed by atoms with Crippen molar-refractivity contribution in [1.82, 2.24) is 0 Å². The predicted octanol–water partition coefficient (Wildman–Crippen LogP) is 6.17. The maximum Gasteiger partial charge on any atom is 0.270 e. The quantitative estimate of drug-likeness (QED) is 0.381. The Morgan fingerprint density at radius 3 is 2.52 bits per heavy atom. The molecule has 1 aromatic heterocycles. The number of nitrogens with zero attached hydrogens (tertiary/aromatic N) is 2. The van der Waals surface area contributed by atoms with Crippen molar-refractivity contribution in [3.63, 3.8) is 0 Å². The van der Waals surface area contributed by atoms with Crippen LogP contribution < -0.4 is 4.90 Å². The Hall–Kier alpha value is -2.37. The van der Waals surface area contributed by atoms with Gasteiger partial charge in [-0.25, -0.2) is 0 Å². The zero-order chi connectivity index (χ0) is 18.8. The molecule has 1 aliphatic rings. The first kappa shape index (κ1) is 18.0. The summed E-state index contributed by atoms with van der Waals surface area (Å²) in [5, 5.41) is 11.9. The number of nitro groups is 1. The molecule has 3 aromatic rings. The van der Waals surface area contributed by atoms with Crippen LogP contribution in [0.3, 0.4) is 0 Å². The number of anilines is 1. The molecule has 138 valence electrons. The summed E-state index contributed by atoms with van der Waals surface area (Å²) in [6.07, 6.45) is 3.26. The second-order valence-corrected chi connectivity index (χ2v) is 8.30. The van der Waals surface area contributed by atoms with E-state index in [1.165, 1.54) is 35.0 Å². The molecule has 2 aromatic carbocycles. The standard InChI is InChI=1S/C21H19ClN2O2S/c22-17-8-6-15(7-9-17)12-21-19(23-10-1-2-11-23)14-20(27-21)16-4-3-5-18(13-16)24(25)26/h3-9,13-14H,1-2,10-12H2. The fourth-order valence-corrected chi connectivity index (χ4v) is 4.81. The van der Waals surface area contributed by atoms with Gasteiger partial charge in [0.05, 0.1) is 10.6 Å². The summed E-state index contributed by atoms with van der Waals surface area (Å²) in [6.45, 7) is 2.14. The van der Waals surface area contributed by atoms with E-state index in [9.17, 15) is 10.1 Å². The maximum atomic E-state index is 11.1. The number of halogens is 1. The molecule has 0 spiro atoms. The van der Waals surface area contributed by atoms with Crippen molar-refractivity contribution < 1.29 is 4.92 Å². The normalized spacial score (nSPS) is 13.9. The van der Waals surface area contributed by atoms with Crippen LogP contribution in [0.25, 0.3) is 10.4 Å². The number of hydrogen-bond acceptors (Lipinski definition) is 4. The van der Waals surface area contributed by atoms with E-state index in [1.807, 2.05) is 18.2 Å². The molecule has 0 unspecified atom stereocenters. The molecule has 2 heterocycles. The third-order valence-electron chi connectivity index (χ3n) is 4.85. The molecule has 0 N–H and O–H groups in total. The Bertz CT molecular complexity index is 963. The molecule has 1 aliphatic heterocycles. The third-order valence-corrected chi connectivity index (χ3v) is 6.28. The topological polar surface area (TPSA) is 46.4 Å². The van der Waals surface area contributed by atoms with Crippen LogP contribution in [-0.2, 0) is 6.42 Å². The fourth-order valence-electron chi connectivity index (χ4n) is 3.47. The van der Waals surface area contributed by atoms with Crippen molar-refractivity contribution in [1.29, 1.82) is 0 Å². The van der Waals surface area contributed by atoms with Gasteiger partial charge >= 0.3 is 0 Å². The number of benzene rings is 2. The minimum atomic E-state index is -0.340. The summed E-state index contributed by atoms with van der Waals surface area (Å²) in [6, 6.07) is 17.0. The van der Waals surface area contributed by atoms with Crippen molar-refractivity contribution >= 4 is 34.3 Å². The van der Waals surface area contributed by atoms with E-state index in [2.05, 4.69) is 23.1 Å². The van der Waals surface area contributed by atoms with Crippen molar-refractivity contribution in [3.05, 3.63) is 80.2 Å². The molecule has 0 radical (unpaired) electrons. The molecule has 0 saturated carbocycles. The molecule has 6 heteroatoms. The van der Waals surface area contributed by atoms with Gasteiger partial charge in [0.1, 0.15) is 0 Å². The second-order valence-electron chi connectivity index (χ2n) is 6.72. The van der Waals surface area contributed by atoms with E-state index < -0.39 is 0 Å². The Labute approximate surface area is 167 Å². The molecule has 27 heavy (non-hydrogen) atoms. The molecule has 0 atom stereocenters. The lowest BCUT2D eigenvalue weighted by molar-refractivity contribution is -0.384. The largest absolute Gasteiger partial charge is 0.371 e. The molecule has 0 aliphatic carbocycles. The molecule has 1 fully saturated rings. The average Bonchev–Trinajstić information content (AvgIpc) is 3.33. The van der Waals surface area contributed by atoms with Gasteiger partial charge in [-0.2, -0.15) is 0 Å². The zero-order valence-electron chi connectivity index (χ0n) is 14.7. The number of non-ortho nitro benzene ring substituents is 1. The lowest BCUT2D eigenvalue weighted by Crippen LogP contribution is -2.18. The smallest absolute Gasteiger partial charge is 0.270 e. The Balaban J connectivity index is 1.72. The van der Waals surface area contributed by atoms with Crippen LogP contribution in [0.15, 0.2) is 54.6 Å². The minimum absolute atomic E-state index is 0.128. The predicted molar refractivity (Wildman–Crippen MR) is 112 cm³/mol. The first-order valence-corrected chi connectivity index (χ1v) is 10.2. The summed E-state index contributed by atoms with van der Waals surface area (Å²) in [4.78, 5) is 15.6. The van der Waals surface area contributed by atoms with E-state index in [0.29, 0.717) is 0 Å². The number of rotatable bonds is 5. The summed E-state index contributed by atoms with van der Waals surface area (Å²) in [7, 11) is 0. The first-order chi connectivity index (χ1) is 13.1. The SMILES string of the molecule is O=[N+]([O-])c1cccc(-c2cc(N3CCCC3)c(Cc3ccc(Cl)cc3)s2)c1. The Morgan fingerprint density at radius 2 is 1.81 bits per heavy atom. The van der Waals surface area contributed by atoms with E-state index in [0.717, 1.165) is 35.0 Å². The lowest BCUT2D eigenvalue weighted by Gasteiger charge is -2.18. The van der Waals surface area contributed by atoms with Crippen molar-refractivity contribution in [3.8, 4) is 10.4 Å². The molecule has 0 bridgehead atoms.